The van der Waals surface area contributed by atoms with E-state index in [-0.39, 0.29) is 12.6 Å². The summed E-state index contributed by atoms with van der Waals surface area (Å²) in [5.74, 6) is -0.611. The van der Waals surface area contributed by atoms with Gasteiger partial charge in [0.15, 0.2) is 6.10 Å². The molecule has 15 heavy (non-hydrogen) atoms. The van der Waals surface area contributed by atoms with Crippen molar-refractivity contribution in [2.75, 3.05) is 6.54 Å². The first kappa shape index (κ1) is 14.4. The van der Waals surface area contributed by atoms with E-state index in [1.807, 2.05) is 6.92 Å². The van der Waals surface area contributed by atoms with Crippen LogP contribution in [-0.2, 0) is 9.53 Å². The molecule has 0 spiro atoms. The molecule has 4 heteroatoms. The Morgan fingerprint density at radius 2 is 2.07 bits per heavy atom. The van der Waals surface area contributed by atoms with E-state index in [2.05, 4.69) is 6.92 Å². The van der Waals surface area contributed by atoms with Crippen molar-refractivity contribution in [1.82, 2.24) is 0 Å². The maximum Gasteiger partial charge on any atom is 0.336 e. The van der Waals surface area contributed by atoms with Crippen molar-refractivity contribution in [2.24, 2.45) is 5.73 Å². The predicted octanol–water partition coefficient (Wildman–Crippen LogP) is 1.21. The lowest BCUT2D eigenvalue weighted by atomic mass is 10.1. The molecule has 0 aliphatic rings. The Labute approximate surface area is 91.8 Å². The summed E-state index contributed by atoms with van der Waals surface area (Å²) in [6.45, 7) is 3.91. The van der Waals surface area contributed by atoms with Crippen LogP contribution in [0, 0.1) is 0 Å². The number of rotatable bonds is 8. The molecule has 4 nitrogen and oxygen atoms in total. The van der Waals surface area contributed by atoms with Crippen LogP contribution in [0.3, 0.4) is 0 Å². The van der Waals surface area contributed by atoms with E-state index >= 15 is 0 Å². The zero-order valence-electron chi connectivity index (χ0n) is 9.74. The smallest absolute Gasteiger partial charge is 0.336 e. The van der Waals surface area contributed by atoms with Crippen molar-refractivity contribution >= 4 is 5.97 Å². The molecule has 0 rings (SSSR count). The van der Waals surface area contributed by atoms with Gasteiger partial charge < -0.3 is 15.6 Å². The summed E-state index contributed by atoms with van der Waals surface area (Å²) in [6.07, 6.45) is 4.17. The predicted molar refractivity (Wildman–Crippen MR) is 59.4 cm³/mol. The highest BCUT2D eigenvalue weighted by Gasteiger charge is 2.17. The third kappa shape index (κ3) is 7.33. The van der Waals surface area contributed by atoms with Crippen LogP contribution < -0.4 is 5.73 Å². The highest BCUT2D eigenvalue weighted by atomic mass is 16.6. The number of aliphatic hydroxyl groups is 1. The third-order valence-electron chi connectivity index (χ3n) is 2.28. The van der Waals surface area contributed by atoms with Gasteiger partial charge in [-0.15, -0.1) is 0 Å². The Kier molecular flexibility index (Phi) is 8.33. The van der Waals surface area contributed by atoms with Crippen LogP contribution in [-0.4, -0.2) is 29.8 Å². The number of nitrogens with two attached hydrogens (primary N) is 1. The monoisotopic (exact) mass is 217 g/mol. The minimum atomic E-state index is -1.18. The summed E-state index contributed by atoms with van der Waals surface area (Å²) in [7, 11) is 0. The average molecular weight is 217 g/mol. The van der Waals surface area contributed by atoms with Crippen molar-refractivity contribution < 1.29 is 14.6 Å². The fraction of sp³-hybridized carbons (Fsp3) is 0.909. The normalized spacial score (nSPS) is 14.7. The van der Waals surface area contributed by atoms with Gasteiger partial charge in [-0.2, -0.15) is 0 Å². The van der Waals surface area contributed by atoms with Crippen molar-refractivity contribution in [3.63, 3.8) is 0 Å². The van der Waals surface area contributed by atoms with Gasteiger partial charge in [0.25, 0.3) is 0 Å². The number of carbonyl (C=O) groups is 1. The Balaban J connectivity index is 3.55. The highest BCUT2D eigenvalue weighted by molar-refractivity contribution is 5.74. The molecule has 2 unspecified atom stereocenters. The molecule has 0 amide bonds. The molecule has 0 aromatic heterocycles. The molecule has 3 N–H and O–H groups in total. The van der Waals surface area contributed by atoms with E-state index in [1.165, 1.54) is 12.8 Å². The third-order valence-corrected chi connectivity index (χ3v) is 2.28. The fourth-order valence-corrected chi connectivity index (χ4v) is 1.29. The van der Waals surface area contributed by atoms with Gasteiger partial charge in [0.2, 0.25) is 0 Å². The van der Waals surface area contributed by atoms with Crippen molar-refractivity contribution in [3.05, 3.63) is 0 Å². The van der Waals surface area contributed by atoms with Gasteiger partial charge >= 0.3 is 5.97 Å². The molecule has 0 radical (unpaired) electrons. The van der Waals surface area contributed by atoms with Crippen molar-refractivity contribution in [3.8, 4) is 0 Å². The molecule has 90 valence electrons. The Bertz CT molecular complexity index is 173. The number of carbonyl (C=O) groups excluding carboxylic acids is 1. The van der Waals surface area contributed by atoms with E-state index in [4.69, 9.17) is 15.6 Å². The van der Waals surface area contributed by atoms with E-state index in [0.29, 0.717) is 0 Å². The van der Waals surface area contributed by atoms with E-state index in [9.17, 15) is 4.79 Å². The van der Waals surface area contributed by atoms with Crippen LogP contribution in [0.5, 0.6) is 0 Å². The number of ether oxygens (including phenoxy) is 1. The largest absolute Gasteiger partial charge is 0.461 e. The lowest BCUT2D eigenvalue weighted by molar-refractivity contribution is -0.157. The molecule has 0 aliphatic heterocycles. The van der Waals surface area contributed by atoms with Crippen LogP contribution in [0.25, 0.3) is 0 Å². The van der Waals surface area contributed by atoms with Gasteiger partial charge in [0, 0.05) is 6.54 Å². The lowest BCUT2D eigenvalue weighted by Gasteiger charge is -2.15. The number of hydrogen-bond acceptors (Lipinski definition) is 4. The highest BCUT2D eigenvalue weighted by Crippen LogP contribution is 2.08. The Hall–Kier alpha value is -0.610. The maximum absolute atomic E-state index is 11.1. The Morgan fingerprint density at radius 3 is 2.60 bits per heavy atom. The molecule has 2 atom stereocenters. The number of hydrogen-bond donors (Lipinski definition) is 2. The second-order valence-corrected chi connectivity index (χ2v) is 3.85. The number of unbranched alkanes of at least 4 members (excludes halogenated alkanes) is 3. The summed E-state index contributed by atoms with van der Waals surface area (Å²) in [6, 6.07) is 0. The second-order valence-electron chi connectivity index (χ2n) is 3.85. The van der Waals surface area contributed by atoms with Crippen LogP contribution in [0.1, 0.15) is 46.0 Å². The summed E-state index contributed by atoms with van der Waals surface area (Å²) >= 11 is 0. The summed E-state index contributed by atoms with van der Waals surface area (Å²) < 4.78 is 5.01. The van der Waals surface area contributed by atoms with E-state index < -0.39 is 12.1 Å². The molecular formula is C11H23NO3. The molecule has 0 aliphatic carbocycles. The summed E-state index contributed by atoms with van der Waals surface area (Å²) in [5, 5.41) is 9.09. The molecule has 0 fully saturated rings. The molecule has 0 saturated carbocycles. The zero-order valence-corrected chi connectivity index (χ0v) is 9.74. The summed E-state index contributed by atoms with van der Waals surface area (Å²) in [4.78, 5) is 11.1. The van der Waals surface area contributed by atoms with Gasteiger partial charge in [0.05, 0.1) is 6.10 Å². The van der Waals surface area contributed by atoms with E-state index in [1.54, 1.807) is 0 Å². The minimum Gasteiger partial charge on any atom is -0.461 e. The molecule has 0 saturated heterocycles. The molecule has 0 heterocycles. The van der Waals surface area contributed by atoms with Gasteiger partial charge in [-0.25, -0.2) is 4.79 Å². The Morgan fingerprint density at radius 1 is 1.40 bits per heavy atom. The first-order chi connectivity index (χ1) is 7.11. The fourth-order valence-electron chi connectivity index (χ4n) is 1.29. The number of esters is 1. The summed E-state index contributed by atoms with van der Waals surface area (Å²) in [5.41, 5.74) is 5.14. The van der Waals surface area contributed by atoms with Gasteiger partial charge in [-0.1, -0.05) is 26.2 Å². The van der Waals surface area contributed by atoms with Crippen LogP contribution >= 0.6 is 0 Å². The SMILES string of the molecule is CCCCCCC(C)OC(=O)C(O)CN. The topological polar surface area (TPSA) is 72.5 Å². The van der Waals surface area contributed by atoms with Gasteiger partial charge in [-0.05, 0) is 19.8 Å². The number of aliphatic hydroxyl groups excluding tert-OH is 1. The van der Waals surface area contributed by atoms with E-state index in [0.717, 1.165) is 19.3 Å². The quantitative estimate of drug-likeness (QED) is 0.473. The maximum atomic E-state index is 11.1. The minimum absolute atomic E-state index is 0.0820. The van der Waals surface area contributed by atoms with Crippen molar-refractivity contribution in [2.45, 2.75) is 58.2 Å². The van der Waals surface area contributed by atoms with Crippen LogP contribution in [0.4, 0.5) is 0 Å². The van der Waals surface area contributed by atoms with Gasteiger partial charge in [0.1, 0.15) is 0 Å². The van der Waals surface area contributed by atoms with Crippen LogP contribution in [0.2, 0.25) is 0 Å². The van der Waals surface area contributed by atoms with Crippen LogP contribution in [0.15, 0.2) is 0 Å². The second kappa shape index (κ2) is 8.68. The lowest BCUT2D eigenvalue weighted by Crippen LogP contribution is -2.33. The van der Waals surface area contributed by atoms with Gasteiger partial charge in [-0.3, -0.25) is 0 Å². The average Bonchev–Trinajstić information content (AvgIpc) is 2.23. The molecular weight excluding hydrogens is 194 g/mol. The first-order valence-electron chi connectivity index (χ1n) is 5.70. The standard InChI is InChI=1S/C11H23NO3/c1-3-4-5-6-7-9(2)15-11(14)10(13)8-12/h9-10,13H,3-8,12H2,1-2H3. The molecule has 0 bridgehead atoms. The first-order valence-corrected chi connectivity index (χ1v) is 5.70. The van der Waals surface area contributed by atoms with Crippen molar-refractivity contribution in [1.29, 1.82) is 0 Å². The molecule has 0 aromatic carbocycles. The zero-order chi connectivity index (χ0) is 11.7. The molecule has 0 aromatic rings.